The van der Waals surface area contributed by atoms with Gasteiger partial charge in [-0.25, -0.2) is 4.99 Å². The zero-order valence-electron chi connectivity index (χ0n) is 21.5. The number of benzene rings is 2. The second kappa shape index (κ2) is 11.9. The van der Waals surface area contributed by atoms with Crippen molar-refractivity contribution in [1.29, 1.82) is 0 Å². The Kier molecular flexibility index (Phi) is 8.57. The summed E-state index contributed by atoms with van der Waals surface area (Å²) in [5, 5.41) is 2.64. The maximum atomic E-state index is 13.8. The highest BCUT2D eigenvalue weighted by Crippen LogP contribution is 2.38. The van der Waals surface area contributed by atoms with Crippen LogP contribution in [0.3, 0.4) is 0 Å². The van der Waals surface area contributed by atoms with Gasteiger partial charge in [-0.1, -0.05) is 55.8 Å². The zero-order valence-corrected chi connectivity index (χ0v) is 21.5. The second-order valence-electron chi connectivity index (χ2n) is 9.66. The Morgan fingerprint density at radius 3 is 2.54 bits per heavy atom. The van der Waals surface area contributed by atoms with Gasteiger partial charge in [-0.15, -0.1) is 0 Å². The summed E-state index contributed by atoms with van der Waals surface area (Å²) in [4.78, 5) is 45.8. The van der Waals surface area contributed by atoms with Crippen LogP contribution in [0, 0.1) is 11.8 Å². The van der Waals surface area contributed by atoms with Crippen molar-refractivity contribution in [2.24, 2.45) is 22.6 Å². The van der Waals surface area contributed by atoms with Crippen LogP contribution >= 0.6 is 0 Å². The lowest BCUT2D eigenvalue weighted by atomic mass is 9.83. The fourth-order valence-corrected chi connectivity index (χ4v) is 5.10. The van der Waals surface area contributed by atoms with E-state index >= 15 is 0 Å². The molecule has 2 aliphatic heterocycles. The van der Waals surface area contributed by atoms with E-state index in [0.717, 1.165) is 0 Å². The molecule has 3 N–H and O–H groups in total. The summed E-state index contributed by atoms with van der Waals surface area (Å²) in [5.74, 6) is -4.22. The molecule has 2 aliphatic rings. The van der Waals surface area contributed by atoms with E-state index in [-0.39, 0.29) is 6.42 Å². The maximum Gasteiger partial charge on any atom is 0.389 e. The lowest BCUT2D eigenvalue weighted by Crippen LogP contribution is -2.51. The molecule has 3 amide bonds. The highest BCUT2D eigenvalue weighted by Gasteiger charge is 2.40. The van der Waals surface area contributed by atoms with E-state index < -0.39 is 54.7 Å². The first-order valence-electron chi connectivity index (χ1n) is 13.0. The predicted molar refractivity (Wildman–Crippen MR) is 139 cm³/mol. The summed E-state index contributed by atoms with van der Waals surface area (Å²) in [7, 11) is 0. The van der Waals surface area contributed by atoms with Crippen LogP contribution in [0.1, 0.15) is 50.2 Å². The van der Waals surface area contributed by atoms with Crippen LogP contribution in [0.25, 0.3) is 0 Å². The molecular formula is C28H31F3N4O4. The fraction of sp³-hybridized carbons (Fsp3) is 0.429. The SMILES string of the molecule is CCCC(C(=O)N[C@H]1N=C(c2ccccc2)c2cccc3c2N(CCCO3)C1=O)C(CCC(F)(F)F)C(N)=O. The zero-order chi connectivity index (χ0) is 28.2. The van der Waals surface area contributed by atoms with E-state index in [0.29, 0.717) is 54.3 Å². The Labute approximate surface area is 224 Å². The van der Waals surface area contributed by atoms with Crippen molar-refractivity contribution in [2.75, 3.05) is 18.1 Å². The van der Waals surface area contributed by atoms with Gasteiger partial charge in [0.15, 0.2) is 0 Å². The van der Waals surface area contributed by atoms with Gasteiger partial charge >= 0.3 is 6.18 Å². The highest BCUT2D eigenvalue weighted by molar-refractivity contribution is 6.21. The van der Waals surface area contributed by atoms with Crippen LogP contribution in [0.2, 0.25) is 0 Å². The number of halogens is 3. The third-order valence-electron chi connectivity index (χ3n) is 6.92. The quantitative estimate of drug-likeness (QED) is 0.498. The van der Waals surface area contributed by atoms with Crippen molar-refractivity contribution in [2.45, 2.75) is 51.4 Å². The smallest absolute Gasteiger partial charge is 0.389 e. The molecule has 0 saturated heterocycles. The standard InChI is InChI=1S/C28H31F3N4O4/c1-2-8-19(18(24(32)36)13-14-28(29,30)31)26(37)34-25-27(38)35-15-7-16-39-21-12-6-11-20(23(21)35)22(33-25)17-9-4-3-5-10-17/h3-6,9-12,18-19,25H,2,7-8,13-16H2,1H3,(H2,32,36)(H,34,37)/t18?,19?,25-/m1/s1. The molecule has 0 bridgehead atoms. The summed E-state index contributed by atoms with van der Waals surface area (Å²) in [5.41, 5.74) is 7.81. The van der Waals surface area contributed by atoms with E-state index in [1.165, 1.54) is 4.90 Å². The minimum atomic E-state index is -4.51. The molecule has 2 aromatic carbocycles. The summed E-state index contributed by atoms with van der Waals surface area (Å²) in [6.07, 6.45) is -6.67. The number of carbonyl (C=O) groups is 3. The number of aliphatic imine (C=N–C) groups is 1. The van der Waals surface area contributed by atoms with Gasteiger partial charge in [0.25, 0.3) is 5.91 Å². The van der Waals surface area contributed by atoms with Gasteiger partial charge in [-0.05, 0) is 25.3 Å². The molecule has 0 aliphatic carbocycles. The van der Waals surface area contributed by atoms with Crippen LogP contribution in [0.4, 0.5) is 18.9 Å². The average molecular weight is 545 g/mol. The van der Waals surface area contributed by atoms with Gasteiger partial charge in [0.2, 0.25) is 18.0 Å². The Bertz CT molecular complexity index is 1250. The van der Waals surface area contributed by atoms with Crippen LogP contribution in [0.5, 0.6) is 5.75 Å². The molecule has 2 aromatic rings. The Hall–Kier alpha value is -3.89. The lowest BCUT2D eigenvalue weighted by molar-refractivity contribution is -0.146. The number of alkyl halides is 3. The molecule has 8 nitrogen and oxygen atoms in total. The molecular weight excluding hydrogens is 513 g/mol. The number of hydrogen-bond donors (Lipinski definition) is 2. The first kappa shape index (κ1) is 28.1. The monoisotopic (exact) mass is 544 g/mol. The number of nitrogens with two attached hydrogens (primary N) is 1. The minimum absolute atomic E-state index is 0.120. The van der Waals surface area contributed by atoms with E-state index in [4.69, 9.17) is 10.5 Å². The van der Waals surface area contributed by atoms with Crippen molar-refractivity contribution >= 4 is 29.1 Å². The first-order valence-corrected chi connectivity index (χ1v) is 13.0. The summed E-state index contributed by atoms with van der Waals surface area (Å²) < 4.78 is 44.8. The number of anilines is 1. The van der Waals surface area contributed by atoms with Crippen LogP contribution in [-0.2, 0) is 14.4 Å². The molecule has 2 unspecified atom stereocenters. The van der Waals surface area contributed by atoms with E-state index in [1.807, 2.05) is 36.4 Å². The molecule has 2 heterocycles. The van der Waals surface area contributed by atoms with E-state index in [2.05, 4.69) is 10.3 Å². The number of ether oxygens (including phenoxy) is 1. The van der Waals surface area contributed by atoms with Crippen molar-refractivity contribution < 1.29 is 32.3 Å². The molecule has 0 radical (unpaired) electrons. The summed E-state index contributed by atoms with van der Waals surface area (Å²) in [6.45, 7) is 2.47. The van der Waals surface area contributed by atoms with Gasteiger partial charge in [0.1, 0.15) is 5.75 Å². The number of primary amides is 1. The number of hydrogen-bond acceptors (Lipinski definition) is 5. The highest BCUT2D eigenvalue weighted by atomic mass is 19.4. The maximum absolute atomic E-state index is 13.8. The Morgan fingerprint density at radius 1 is 1.13 bits per heavy atom. The molecule has 4 rings (SSSR count). The third kappa shape index (κ3) is 6.40. The van der Waals surface area contributed by atoms with E-state index in [9.17, 15) is 27.6 Å². The van der Waals surface area contributed by atoms with Crippen molar-refractivity contribution in [1.82, 2.24) is 5.32 Å². The van der Waals surface area contributed by atoms with Crippen LogP contribution in [0.15, 0.2) is 53.5 Å². The normalized spacial score (nSPS) is 18.6. The van der Waals surface area contributed by atoms with Gasteiger partial charge in [-0.3, -0.25) is 14.4 Å². The molecule has 11 heteroatoms. The van der Waals surface area contributed by atoms with Crippen LogP contribution in [-0.4, -0.2) is 48.9 Å². The number of amides is 3. The topological polar surface area (TPSA) is 114 Å². The molecule has 0 fully saturated rings. The lowest BCUT2D eigenvalue weighted by Gasteiger charge is -2.27. The van der Waals surface area contributed by atoms with Crippen LogP contribution < -0.4 is 20.7 Å². The minimum Gasteiger partial charge on any atom is -0.491 e. The third-order valence-corrected chi connectivity index (χ3v) is 6.92. The van der Waals surface area contributed by atoms with Crippen molar-refractivity contribution in [3.63, 3.8) is 0 Å². The Morgan fingerprint density at radius 2 is 1.87 bits per heavy atom. The first-order chi connectivity index (χ1) is 18.6. The number of para-hydroxylation sites is 1. The summed E-state index contributed by atoms with van der Waals surface area (Å²) >= 11 is 0. The largest absolute Gasteiger partial charge is 0.491 e. The second-order valence-corrected chi connectivity index (χ2v) is 9.66. The van der Waals surface area contributed by atoms with Gasteiger partial charge in [0.05, 0.1) is 18.0 Å². The number of nitrogens with one attached hydrogen (secondary N) is 1. The van der Waals surface area contributed by atoms with E-state index in [1.54, 1.807) is 19.1 Å². The number of carbonyl (C=O) groups excluding carboxylic acids is 3. The molecule has 0 saturated carbocycles. The summed E-state index contributed by atoms with van der Waals surface area (Å²) in [6, 6.07) is 14.5. The molecule has 208 valence electrons. The van der Waals surface area contributed by atoms with Gasteiger partial charge in [0, 0.05) is 35.9 Å². The molecule has 3 atom stereocenters. The molecule has 0 spiro atoms. The number of nitrogens with zero attached hydrogens (tertiary/aromatic N) is 2. The van der Waals surface area contributed by atoms with Crippen molar-refractivity contribution in [3.8, 4) is 5.75 Å². The fourth-order valence-electron chi connectivity index (χ4n) is 5.10. The molecule has 39 heavy (non-hydrogen) atoms. The average Bonchev–Trinajstić information content (AvgIpc) is 3.18. The molecule has 0 aromatic heterocycles. The van der Waals surface area contributed by atoms with Gasteiger partial charge < -0.3 is 20.7 Å². The van der Waals surface area contributed by atoms with Gasteiger partial charge in [-0.2, -0.15) is 13.2 Å². The number of rotatable bonds is 9. The Balaban J connectivity index is 1.73. The predicted octanol–water partition coefficient (Wildman–Crippen LogP) is 3.96. The van der Waals surface area contributed by atoms with Crippen molar-refractivity contribution in [3.05, 3.63) is 59.7 Å².